The molecule has 1 aromatic rings. The van der Waals surface area contributed by atoms with Crippen molar-refractivity contribution >= 4 is 36.6 Å². The number of nitrogens with zero attached hydrogens (tertiary/aromatic N) is 1. The van der Waals surface area contributed by atoms with Gasteiger partial charge in [0, 0.05) is 11.7 Å². The summed E-state index contributed by atoms with van der Waals surface area (Å²) < 4.78 is 12.0. The zero-order chi connectivity index (χ0) is 6.69. The molecule has 9 heavy (non-hydrogen) atoms. The van der Waals surface area contributed by atoms with E-state index < -0.39 is 0 Å². The molecule has 0 saturated carbocycles. The number of nitrogens with one attached hydrogen (secondary N) is 1. The first-order valence-corrected chi connectivity index (χ1v) is 3.94. The third-order valence-electron chi connectivity index (χ3n) is 0.662. The number of H-pyrrole nitrogens is 1. The molecule has 6 heteroatoms. The Morgan fingerprint density at radius 3 is 3.11 bits per heavy atom. The Hall–Kier alpha value is -0.0700. The summed E-state index contributed by atoms with van der Waals surface area (Å²) in [6, 6.07) is 0. The average Bonchev–Trinajstić information content (AvgIpc) is 2.18. The molecule has 0 spiro atoms. The van der Waals surface area contributed by atoms with E-state index in [1.165, 1.54) is 11.7 Å². The van der Waals surface area contributed by atoms with Crippen LogP contribution in [0.5, 0.6) is 5.88 Å². The van der Waals surface area contributed by atoms with Crippen LogP contribution in [0.2, 0.25) is 0 Å². The second-order valence-corrected chi connectivity index (χ2v) is 2.43. The van der Waals surface area contributed by atoms with Crippen LogP contribution in [0.15, 0.2) is 0 Å². The van der Waals surface area contributed by atoms with Crippen LogP contribution in [-0.4, -0.2) is 14.7 Å². The molecule has 0 fully saturated rings. The zero-order valence-electron chi connectivity index (χ0n) is 4.33. The first-order chi connectivity index (χ1) is 4.34. The quantitative estimate of drug-likeness (QED) is 0.411. The zero-order valence-corrected chi connectivity index (χ0v) is 6.85. The summed E-state index contributed by atoms with van der Waals surface area (Å²) in [6.45, 7) is 0. The highest BCUT2D eigenvalue weighted by Gasteiger charge is 1.95. The van der Waals surface area contributed by atoms with Crippen molar-refractivity contribution in [2.75, 3.05) is 5.94 Å². The Morgan fingerprint density at radius 1 is 1.89 bits per heavy atom. The van der Waals surface area contributed by atoms with Gasteiger partial charge in [0.15, 0.2) is 4.64 Å². The SMILES string of the molecule is S=c1[nH]snc1OCS. The predicted molar refractivity (Wildman–Crippen MR) is 41.8 cm³/mol. The van der Waals surface area contributed by atoms with E-state index in [0.717, 1.165) is 0 Å². The second kappa shape index (κ2) is 3.19. The lowest BCUT2D eigenvalue weighted by molar-refractivity contribution is 0.381. The molecule has 0 aromatic carbocycles. The summed E-state index contributed by atoms with van der Waals surface area (Å²) >= 11 is 9.79. The maximum Gasteiger partial charge on any atom is 0.263 e. The van der Waals surface area contributed by atoms with Crippen LogP contribution in [0.3, 0.4) is 0 Å². The van der Waals surface area contributed by atoms with Gasteiger partial charge in [-0.05, 0) is 0 Å². The van der Waals surface area contributed by atoms with Gasteiger partial charge in [-0.2, -0.15) is 0 Å². The van der Waals surface area contributed by atoms with Crippen molar-refractivity contribution in [1.29, 1.82) is 0 Å². The van der Waals surface area contributed by atoms with Gasteiger partial charge in [0.2, 0.25) is 0 Å². The van der Waals surface area contributed by atoms with Crippen molar-refractivity contribution in [3.63, 3.8) is 0 Å². The first kappa shape index (κ1) is 7.04. The Morgan fingerprint density at radius 2 is 2.67 bits per heavy atom. The van der Waals surface area contributed by atoms with Crippen molar-refractivity contribution in [1.82, 2.24) is 8.75 Å². The van der Waals surface area contributed by atoms with Crippen LogP contribution in [0.1, 0.15) is 0 Å². The van der Waals surface area contributed by atoms with Gasteiger partial charge in [-0.15, -0.1) is 17.0 Å². The Balaban J connectivity index is 2.81. The summed E-state index contributed by atoms with van der Waals surface area (Å²) in [5.41, 5.74) is 0. The number of hydrogen-bond acceptors (Lipinski definition) is 5. The fraction of sp³-hybridized carbons (Fsp3) is 0.333. The van der Waals surface area contributed by atoms with Gasteiger partial charge in [-0.3, -0.25) is 4.37 Å². The van der Waals surface area contributed by atoms with E-state index in [-0.39, 0.29) is 0 Å². The van der Waals surface area contributed by atoms with Gasteiger partial charge in [0.1, 0.15) is 5.94 Å². The van der Waals surface area contributed by atoms with E-state index >= 15 is 0 Å². The summed E-state index contributed by atoms with van der Waals surface area (Å²) in [6.07, 6.45) is 0. The Labute approximate surface area is 66.8 Å². The lowest BCUT2D eigenvalue weighted by Crippen LogP contribution is -1.88. The average molecular weight is 180 g/mol. The van der Waals surface area contributed by atoms with Crippen LogP contribution in [0.4, 0.5) is 0 Å². The molecule has 1 aromatic heterocycles. The van der Waals surface area contributed by atoms with Gasteiger partial charge in [-0.25, -0.2) is 0 Å². The van der Waals surface area contributed by atoms with E-state index in [4.69, 9.17) is 17.0 Å². The number of ether oxygens (including phenoxy) is 1. The lowest BCUT2D eigenvalue weighted by atomic mass is 10.8. The van der Waals surface area contributed by atoms with Crippen LogP contribution < -0.4 is 4.74 Å². The maximum atomic E-state index is 4.90. The van der Waals surface area contributed by atoms with Crippen molar-refractivity contribution in [2.24, 2.45) is 0 Å². The fourth-order valence-corrected chi connectivity index (χ4v) is 1.18. The molecule has 0 aliphatic heterocycles. The normalized spacial score (nSPS) is 9.44. The highest BCUT2D eigenvalue weighted by Crippen LogP contribution is 2.08. The minimum atomic E-state index is 0.307. The number of hydrogen-bond donors (Lipinski definition) is 2. The molecule has 0 radical (unpaired) electrons. The second-order valence-electron chi connectivity index (χ2n) is 1.19. The molecule has 0 aliphatic carbocycles. The van der Waals surface area contributed by atoms with Crippen LogP contribution in [0, 0.1) is 4.64 Å². The number of rotatable bonds is 2. The summed E-state index contributed by atoms with van der Waals surface area (Å²) in [4.78, 5) is 0. The van der Waals surface area contributed by atoms with E-state index in [2.05, 4.69) is 21.4 Å². The monoisotopic (exact) mass is 180 g/mol. The molecule has 0 aliphatic rings. The third kappa shape index (κ3) is 1.67. The van der Waals surface area contributed by atoms with Gasteiger partial charge in [-0.1, -0.05) is 12.2 Å². The molecule has 0 saturated heterocycles. The Bertz CT molecular complexity index is 229. The number of aromatic nitrogens is 2. The fourth-order valence-electron chi connectivity index (χ4n) is 0.344. The van der Waals surface area contributed by atoms with Gasteiger partial charge in [0.05, 0.1) is 0 Å². The molecular formula is C3H4N2OS3. The molecule has 1 N–H and O–H groups in total. The van der Waals surface area contributed by atoms with Crippen molar-refractivity contribution < 1.29 is 4.74 Å². The molecule has 1 heterocycles. The first-order valence-electron chi connectivity index (χ1n) is 2.12. The lowest BCUT2D eigenvalue weighted by Gasteiger charge is -1.91. The highest BCUT2D eigenvalue weighted by molar-refractivity contribution is 7.80. The topological polar surface area (TPSA) is 37.9 Å². The summed E-state index contributed by atoms with van der Waals surface area (Å²) in [7, 11) is 0. The van der Waals surface area contributed by atoms with Gasteiger partial charge >= 0.3 is 0 Å². The van der Waals surface area contributed by atoms with Gasteiger partial charge < -0.3 is 4.74 Å². The molecule has 0 atom stereocenters. The molecule has 0 unspecified atom stereocenters. The molecular weight excluding hydrogens is 176 g/mol. The summed E-state index contributed by atoms with van der Waals surface area (Å²) in [5.74, 6) is 0.770. The molecule has 0 bridgehead atoms. The Kier molecular flexibility index (Phi) is 2.49. The van der Waals surface area contributed by atoms with Crippen LogP contribution in [0.25, 0.3) is 0 Å². The third-order valence-corrected chi connectivity index (χ3v) is 1.75. The van der Waals surface area contributed by atoms with Crippen LogP contribution in [-0.2, 0) is 0 Å². The van der Waals surface area contributed by atoms with E-state index in [9.17, 15) is 0 Å². The van der Waals surface area contributed by atoms with Crippen molar-refractivity contribution in [3.8, 4) is 5.88 Å². The van der Waals surface area contributed by atoms with E-state index in [1.54, 1.807) is 0 Å². The van der Waals surface area contributed by atoms with E-state index in [1.807, 2.05) is 0 Å². The number of thiol groups is 1. The van der Waals surface area contributed by atoms with Crippen molar-refractivity contribution in [3.05, 3.63) is 4.64 Å². The van der Waals surface area contributed by atoms with Crippen LogP contribution >= 0.6 is 36.6 Å². The molecule has 1 rings (SSSR count). The van der Waals surface area contributed by atoms with Gasteiger partial charge in [0.25, 0.3) is 5.88 Å². The van der Waals surface area contributed by atoms with E-state index in [0.29, 0.717) is 16.5 Å². The smallest absolute Gasteiger partial charge is 0.263 e. The summed E-state index contributed by atoms with van der Waals surface area (Å²) in [5, 5.41) is 0. The highest BCUT2D eigenvalue weighted by atomic mass is 32.1. The predicted octanol–water partition coefficient (Wildman–Crippen LogP) is 1.47. The molecule has 50 valence electrons. The standard InChI is InChI=1S/C3H4N2OS3/c7-1-6-2-3(8)5-9-4-2/h7H,1H2,(H,5,8). The minimum Gasteiger partial charge on any atom is -0.464 e. The number of aromatic amines is 1. The molecule has 0 amide bonds. The minimum absolute atomic E-state index is 0.307. The molecule has 3 nitrogen and oxygen atoms in total. The largest absolute Gasteiger partial charge is 0.464 e. The maximum absolute atomic E-state index is 4.90. The van der Waals surface area contributed by atoms with Crippen molar-refractivity contribution in [2.45, 2.75) is 0 Å².